The lowest BCUT2D eigenvalue weighted by molar-refractivity contribution is 0.354. The van der Waals surface area contributed by atoms with Gasteiger partial charge in [0, 0.05) is 0 Å². The van der Waals surface area contributed by atoms with Gasteiger partial charge in [-0.2, -0.15) is 0 Å². The first-order chi connectivity index (χ1) is 7.34. The SMILES string of the molecule is Cc1ccc(OCC2=CCCC=C2)cc1. The summed E-state index contributed by atoms with van der Waals surface area (Å²) >= 11 is 0. The third-order valence-corrected chi connectivity index (χ3v) is 2.50. The highest BCUT2D eigenvalue weighted by molar-refractivity contribution is 5.28. The van der Waals surface area contributed by atoms with Gasteiger partial charge in [-0.3, -0.25) is 0 Å². The van der Waals surface area contributed by atoms with Crippen molar-refractivity contribution in [2.45, 2.75) is 19.8 Å². The molecule has 0 spiro atoms. The normalized spacial score (nSPS) is 14.9. The predicted molar refractivity (Wildman–Crippen MR) is 63.1 cm³/mol. The summed E-state index contributed by atoms with van der Waals surface area (Å²) in [4.78, 5) is 0. The van der Waals surface area contributed by atoms with Crippen molar-refractivity contribution in [1.29, 1.82) is 0 Å². The smallest absolute Gasteiger partial charge is 0.119 e. The molecule has 0 saturated carbocycles. The van der Waals surface area contributed by atoms with Gasteiger partial charge in [0.1, 0.15) is 12.4 Å². The highest BCUT2D eigenvalue weighted by Gasteiger charge is 1.98. The standard InChI is InChI=1S/C14H16O/c1-12-7-9-14(10-8-12)15-11-13-5-3-2-4-6-13/h3,5-10H,2,4,11H2,1H3. The van der Waals surface area contributed by atoms with E-state index in [0.29, 0.717) is 6.61 Å². The van der Waals surface area contributed by atoms with Crippen LogP contribution in [0.2, 0.25) is 0 Å². The number of aryl methyl sites for hydroxylation is 1. The number of rotatable bonds is 3. The summed E-state index contributed by atoms with van der Waals surface area (Å²) in [5, 5.41) is 0. The fourth-order valence-electron chi connectivity index (χ4n) is 1.58. The maximum atomic E-state index is 5.68. The molecule has 78 valence electrons. The average molecular weight is 200 g/mol. The van der Waals surface area contributed by atoms with Crippen LogP contribution in [0.25, 0.3) is 0 Å². The third kappa shape index (κ3) is 2.98. The monoisotopic (exact) mass is 200 g/mol. The van der Waals surface area contributed by atoms with Gasteiger partial charge >= 0.3 is 0 Å². The first-order valence-corrected chi connectivity index (χ1v) is 5.39. The Morgan fingerprint density at radius 1 is 1.13 bits per heavy atom. The highest BCUT2D eigenvalue weighted by atomic mass is 16.5. The Balaban J connectivity index is 1.90. The number of ether oxygens (including phenoxy) is 1. The van der Waals surface area contributed by atoms with Gasteiger partial charge in [-0.1, -0.05) is 35.9 Å². The summed E-state index contributed by atoms with van der Waals surface area (Å²) in [5.41, 5.74) is 2.54. The Morgan fingerprint density at radius 2 is 1.93 bits per heavy atom. The molecule has 0 amide bonds. The molecule has 1 aromatic rings. The van der Waals surface area contributed by atoms with Crippen molar-refractivity contribution in [2.75, 3.05) is 6.61 Å². The summed E-state index contributed by atoms with van der Waals surface area (Å²) in [6.07, 6.45) is 8.90. The van der Waals surface area contributed by atoms with Crippen LogP contribution in [0.3, 0.4) is 0 Å². The molecule has 0 aliphatic heterocycles. The Hall–Kier alpha value is -1.50. The van der Waals surface area contributed by atoms with Crippen LogP contribution in [-0.2, 0) is 0 Å². The van der Waals surface area contributed by atoms with Gasteiger partial charge in [0.2, 0.25) is 0 Å². The maximum absolute atomic E-state index is 5.68. The predicted octanol–water partition coefficient (Wildman–Crippen LogP) is 3.65. The van der Waals surface area contributed by atoms with Crippen molar-refractivity contribution in [1.82, 2.24) is 0 Å². The zero-order chi connectivity index (χ0) is 10.5. The summed E-state index contributed by atoms with van der Waals surface area (Å²) in [6.45, 7) is 2.76. The van der Waals surface area contributed by atoms with E-state index in [9.17, 15) is 0 Å². The minimum Gasteiger partial charge on any atom is -0.489 e. The maximum Gasteiger partial charge on any atom is 0.119 e. The molecule has 15 heavy (non-hydrogen) atoms. The zero-order valence-corrected chi connectivity index (χ0v) is 9.07. The zero-order valence-electron chi connectivity index (χ0n) is 9.07. The van der Waals surface area contributed by atoms with E-state index >= 15 is 0 Å². The second kappa shape index (κ2) is 4.83. The van der Waals surface area contributed by atoms with Crippen LogP contribution < -0.4 is 4.74 Å². The summed E-state index contributed by atoms with van der Waals surface area (Å²) in [7, 11) is 0. The van der Waals surface area contributed by atoms with Crippen LogP contribution in [0, 0.1) is 6.92 Å². The topological polar surface area (TPSA) is 9.23 Å². The Labute approximate surface area is 91.1 Å². The van der Waals surface area contributed by atoms with Gasteiger partial charge in [-0.15, -0.1) is 0 Å². The van der Waals surface area contributed by atoms with Gasteiger partial charge in [0.15, 0.2) is 0 Å². The molecule has 0 saturated heterocycles. The first-order valence-electron chi connectivity index (χ1n) is 5.39. The molecule has 1 nitrogen and oxygen atoms in total. The van der Waals surface area contributed by atoms with Crippen LogP contribution in [0.15, 0.2) is 48.1 Å². The summed E-state index contributed by atoms with van der Waals surface area (Å²) in [6, 6.07) is 8.17. The molecule has 1 aliphatic rings. The largest absolute Gasteiger partial charge is 0.489 e. The molecule has 0 radical (unpaired) electrons. The molecular weight excluding hydrogens is 184 g/mol. The van der Waals surface area contributed by atoms with E-state index in [1.165, 1.54) is 11.1 Å². The number of allylic oxidation sites excluding steroid dienone is 2. The molecule has 1 aliphatic carbocycles. The number of hydrogen-bond acceptors (Lipinski definition) is 1. The molecule has 0 N–H and O–H groups in total. The average Bonchev–Trinajstić information content (AvgIpc) is 2.30. The van der Waals surface area contributed by atoms with Crippen molar-refractivity contribution in [2.24, 2.45) is 0 Å². The van der Waals surface area contributed by atoms with E-state index in [2.05, 4.69) is 37.3 Å². The minimum absolute atomic E-state index is 0.680. The van der Waals surface area contributed by atoms with Crippen molar-refractivity contribution < 1.29 is 4.74 Å². The minimum atomic E-state index is 0.680. The lowest BCUT2D eigenvalue weighted by Gasteiger charge is -2.09. The molecule has 0 atom stereocenters. The lowest BCUT2D eigenvalue weighted by atomic mass is 10.1. The van der Waals surface area contributed by atoms with Gasteiger partial charge < -0.3 is 4.74 Å². The van der Waals surface area contributed by atoms with E-state index in [-0.39, 0.29) is 0 Å². The van der Waals surface area contributed by atoms with E-state index < -0.39 is 0 Å². The second-order valence-electron chi connectivity index (χ2n) is 3.86. The summed E-state index contributed by atoms with van der Waals surface area (Å²) < 4.78 is 5.68. The van der Waals surface area contributed by atoms with Crippen LogP contribution in [0.1, 0.15) is 18.4 Å². The van der Waals surface area contributed by atoms with E-state index in [0.717, 1.165) is 18.6 Å². The van der Waals surface area contributed by atoms with Crippen LogP contribution >= 0.6 is 0 Å². The van der Waals surface area contributed by atoms with Gasteiger partial charge in [0.05, 0.1) is 0 Å². The Bertz CT molecular complexity index is 371. The molecule has 0 heterocycles. The van der Waals surface area contributed by atoms with Crippen molar-refractivity contribution in [3.63, 3.8) is 0 Å². The van der Waals surface area contributed by atoms with E-state index in [4.69, 9.17) is 4.74 Å². The van der Waals surface area contributed by atoms with Crippen molar-refractivity contribution >= 4 is 0 Å². The molecule has 0 bridgehead atoms. The fourth-order valence-corrected chi connectivity index (χ4v) is 1.58. The van der Waals surface area contributed by atoms with Gasteiger partial charge in [0.25, 0.3) is 0 Å². The molecule has 1 aromatic carbocycles. The van der Waals surface area contributed by atoms with Crippen LogP contribution in [0.4, 0.5) is 0 Å². The molecular formula is C14H16O. The van der Waals surface area contributed by atoms with E-state index in [1.54, 1.807) is 0 Å². The quantitative estimate of drug-likeness (QED) is 0.723. The highest BCUT2D eigenvalue weighted by Crippen LogP contribution is 2.15. The fraction of sp³-hybridized carbons (Fsp3) is 0.286. The van der Waals surface area contributed by atoms with Gasteiger partial charge in [-0.25, -0.2) is 0 Å². The van der Waals surface area contributed by atoms with Gasteiger partial charge in [-0.05, 0) is 37.5 Å². The Kier molecular flexibility index (Phi) is 3.23. The summed E-state index contributed by atoms with van der Waals surface area (Å²) in [5.74, 6) is 0.945. The van der Waals surface area contributed by atoms with E-state index in [1.807, 2.05) is 12.1 Å². The van der Waals surface area contributed by atoms with Crippen LogP contribution in [-0.4, -0.2) is 6.61 Å². The Morgan fingerprint density at radius 3 is 2.60 bits per heavy atom. The lowest BCUT2D eigenvalue weighted by Crippen LogP contribution is -2.01. The van der Waals surface area contributed by atoms with Crippen LogP contribution in [0.5, 0.6) is 5.75 Å². The number of benzene rings is 1. The number of hydrogen-bond donors (Lipinski definition) is 0. The molecule has 0 unspecified atom stereocenters. The van der Waals surface area contributed by atoms with Crippen molar-refractivity contribution in [3.8, 4) is 5.75 Å². The molecule has 0 aromatic heterocycles. The third-order valence-electron chi connectivity index (χ3n) is 2.50. The molecule has 2 rings (SSSR count). The van der Waals surface area contributed by atoms with Crippen molar-refractivity contribution in [3.05, 3.63) is 53.6 Å². The first kappa shape index (κ1) is 10.0. The molecule has 0 fully saturated rings. The second-order valence-corrected chi connectivity index (χ2v) is 3.86. The molecule has 1 heteroatoms.